The molecule has 0 fully saturated rings. The fourth-order valence-electron chi connectivity index (χ4n) is 2.06. The van der Waals surface area contributed by atoms with Crippen LogP contribution in [0.25, 0.3) is 11.2 Å². The molecule has 2 aromatic rings. The molecule has 0 radical (unpaired) electrons. The number of methoxy groups -OCH3 is 1. The van der Waals surface area contributed by atoms with Gasteiger partial charge in [0.1, 0.15) is 5.52 Å². The number of carbonyl (C=O) groups is 1. The maximum Gasteiger partial charge on any atom is 0.313 e. The van der Waals surface area contributed by atoms with Gasteiger partial charge in [-0.1, -0.05) is 30.3 Å². The van der Waals surface area contributed by atoms with E-state index in [1.165, 1.54) is 11.8 Å². The van der Waals surface area contributed by atoms with Gasteiger partial charge >= 0.3 is 5.97 Å². The van der Waals surface area contributed by atoms with E-state index in [-0.39, 0.29) is 11.8 Å². The van der Waals surface area contributed by atoms with Crippen LogP contribution in [0.1, 0.15) is 19.4 Å². The lowest BCUT2D eigenvalue weighted by Gasteiger charge is -2.18. The number of thioether (sulfide) groups is 1. The van der Waals surface area contributed by atoms with Crippen molar-refractivity contribution in [2.45, 2.75) is 24.5 Å². The average Bonchev–Trinajstić information content (AvgIpc) is 2.79. The van der Waals surface area contributed by atoms with E-state index in [1.807, 2.05) is 11.5 Å². The van der Waals surface area contributed by atoms with Gasteiger partial charge < -0.3 is 9.84 Å². The zero-order valence-electron chi connectivity index (χ0n) is 11.7. The van der Waals surface area contributed by atoms with Crippen LogP contribution in [0.5, 0.6) is 0 Å². The molecule has 1 N–H and O–H groups in total. The van der Waals surface area contributed by atoms with Crippen molar-refractivity contribution in [2.75, 3.05) is 19.5 Å². The number of nitrogens with zero attached hydrogens (tertiary/aromatic N) is 3. The van der Waals surface area contributed by atoms with Crippen molar-refractivity contribution in [3.05, 3.63) is 17.3 Å². The molecule has 0 aromatic carbocycles. The second kappa shape index (κ2) is 7.11. The van der Waals surface area contributed by atoms with Crippen LogP contribution >= 0.6 is 23.4 Å². The van der Waals surface area contributed by atoms with Gasteiger partial charge in [-0.25, -0.2) is 9.97 Å². The van der Waals surface area contributed by atoms with Gasteiger partial charge in [0.2, 0.25) is 0 Å². The first-order chi connectivity index (χ1) is 10.1. The van der Waals surface area contributed by atoms with Gasteiger partial charge in [-0.3, -0.25) is 9.36 Å². The van der Waals surface area contributed by atoms with Crippen molar-refractivity contribution in [3.63, 3.8) is 0 Å². The number of hydrogen-bond acceptors (Lipinski definition) is 5. The first-order valence-electron chi connectivity index (χ1n) is 6.43. The molecular weight excluding hydrogens is 314 g/mol. The summed E-state index contributed by atoms with van der Waals surface area (Å²) < 4.78 is 7.18. The SMILES string of the molecule is CCC(COC)n1c(SCC(=O)O)nc2cc(Cl)cnc21. The average molecular weight is 330 g/mol. The minimum atomic E-state index is -0.885. The Balaban J connectivity index is 2.50. The van der Waals surface area contributed by atoms with E-state index in [0.717, 1.165) is 6.42 Å². The number of halogens is 1. The summed E-state index contributed by atoms with van der Waals surface area (Å²) in [4.78, 5) is 19.6. The summed E-state index contributed by atoms with van der Waals surface area (Å²) in [6.07, 6.45) is 2.39. The van der Waals surface area contributed by atoms with E-state index >= 15 is 0 Å². The van der Waals surface area contributed by atoms with Crippen LogP contribution in [-0.2, 0) is 9.53 Å². The predicted molar refractivity (Wildman–Crippen MR) is 82.1 cm³/mol. The summed E-state index contributed by atoms with van der Waals surface area (Å²) in [5, 5.41) is 9.98. The van der Waals surface area contributed by atoms with Crippen LogP contribution in [0.2, 0.25) is 5.02 Å². The van der Waals surface area contributed by atoms with Gasteiger partial charge in [-0.15, -0.1) is 0 Å². The highest BCUT2D eigenvalue weighted by atomic mass is 35.5. The number of ether oxygens (including phenoxy) is 1. The maximum atomic E-state index is 10.8. The molecule has 1 atom stereocenters. The van der Waals surface area contributed by atoms with Crippen LogP contribution in [0.4, 0.5) is 0 Å². The second-order valence-corrected chi connectivity index (χ2v) is 5.84. The highest BCUT2D eigenvalue weighted by molar-refractivity contribution is 7.99. The van der Waals surface area contributed by atoms with Gasteiger partial charge in [0, 0.05) is 13.3 Å². The number of aromatic nitrogens is 3. The van der Waals surface area contributed by atoms with Gasteiger partial charge in [0.15, 0.2) is 10.8 Å². The van der Waals surface area contributed by atoms with Gasteiger partial charge in [-0.05, 0) is 12.5 Å². The van der Waals surface area contributed by atoms with Crippen molar-refractivity contribution >= 4 is 40.5 Å². The molecule has 0 saturated carbocycles. The Kier molecular flexibility index (Phi) is 5.44. The Hall–Kier alpha value is -1.31. The molecule has 6 nitrogen and oxygen atoms in total. The quantitative estimate of drug-likeness (QED) is 0.787. The highest BCUT2D eigenvalue weighted by Crippen LogP contribution is 2.29. The fraction of sp³-hybridized carbons (Fsp3) is 0.462. The van der Waals surface area contributed by atoms with E-state index < -0.39 is 5.97 Å². The van der Waals surface area contributed by atoms with Crippen LogP contribution in [0.3, 0.4) is 0 Å². The zero-order valence-corrected chi connectivity index (χ0v) is 13.3. The molecule has 0 bridgehead atoms. The second-order valence-electron chi connectivity index (χ2n) is 4.46. The van der Waals surface area contributed by atoms with Gasteiger partial charge in [-0.2, -0.15) is 0 Å². The Morgan fingerprint density at radius 1 is 1.62 bits per heavy atom. The van der Waals surface area contributed by atoms with E-state index in [1.54, 1.807) is 19.4 Å². The summed E-state index contributed by atoms with van der Waals surface area (Å²) in [7, 11) is 1.64. The highest BCUT2D eigenvalue weighted by Gasteiger charge is 2.20. The minimum Gasteiger partial charge on any atom is -0.481 e. The standard InChI is InChI=1S/C13H16ClN3O3S/c1-3-9(6-20-2)17-12-10(4-8(14)5-15-12)16-13(17)21-7-11(18)19/h4-5,9H,3,6-7H2,1-2H3,(H,18,19). The molecule has 2 aromatic heterocycles. The third kappa shape index (κ3) is 3.66. The van der Waals surface area contributed by atoms with Crippen LogP contribution in [-0.4, -0.2) is 45.1 Å². The number of imidazole rings is 1. The first-order valence-corrected chi connectivity index (χ1v) is 7.80. The molecule has 0 aliphatic carbocycles. The number of carboxylic acids is 1. The van der Waals surface area contributed by atoms with E-state index in [9.17, 15) is 4.79 Å². The fourth-order valence-corrected chi connectivity index (χ4v) is 3.00. The van der Waals surface area contributed by atoms with Gasteiger partial charge in [0.05, 0.1) is 23.4 Å². The van der Waals surface area contributed by atoms with Crippen molar-refractivity contribution in [1.29, 1.82) is 0 Å². The molecular formula is C13H16ClN3O3S. The minimum absolute atomic E-state index is 0.0463. The molecule has 0 spiro atoms. The number of fused-ring (bicyclic) bond motifs is 1. The van der Waals surface area contributed by atoms with Crippen LogP contribution in [0, 0.1) is 0 Å². The number of rotatable bonds is 7. The molecule has 1 unspecified atom stereocenters. The lowest BCUT2D eigenvalue weighted by molar-refractivity contribution is -0.133. The van der Waals surface area contributed by atoms with E-state index in [0.29, 0.717) is 27.9 Å². The summed E-state index contributed by atoms with van der Waals surface area (Å²) >= 11 is 7.12. The van der Waals surface area contributed by atoms with Crippen molar-refractivity contribution in [3.8, 4) is 0 Å². The molecule has 8 heteroatoms. The molecule has 0 saturated heterocycles. The lowest BCUT2D eigenvalue weighted by Crippen LogP contribution is -2.15. The summed E-state index contributed by atoms with van der Waals surface area (Å²) in [6.45, 7) is 2.55. The number of pyridine rings is 1. The molecule has 0 aliphatic rings. The summed E-state index contributed by atoms with van der Waals surface area (Å²) in [6, 6.07) is 1.77. The maximum absolute atomic E-state index is 10.8. The van der Waals surface area contributed by atoms with Crippen LogP contribution < -0.4 is 0 Å². The topological polar surface area (TPSA) is 77.2 Å². The normalized spacial score (nSPS) is 12.7. The lowest BCUT2D eigenvalue weighted by atomic mass is 10.2. The third-order valence-electron chi connectivity index (χ3n) is 2.98. The van der Waals surface area contributed by atoms with Crippen molar-refractivity contribution in [1.82, 2.24) is 14.5 Å². The summed E-state index contributed by atoms with van der Waals surface area (Å²) in [5.41, 5.74) is 1.35. The predicted octanol–water partition coefficient (Wildman–Crippen LogP) is 2.86. The zero-order chi connectivity index (χ0) is 15.4. The van der Waals surface area contributed by atoms with Crippen molar-refractivity contribution < 1.29 is 14.6 Å². The molecule has 0 aliphatic heterocycles. The third-order valence-corrected chi connectivity index (χ3v) is 4.13. The molecule has 0 amide bonds. The summed E-state index contributed by atoms with van der Waals surface area (Å²) in [5.74, 6) is -0.940. The Bertz CT molecular complexity index is 647. The first kappa shape index (κ1) is 16.1. The van der Waals surface area contributed by atoms with E-state index in [4.69, 9.17) is 21.4 Å². The Labute approximate surface area is 131 Å². The molecule has 21 heavy (non-hydrogen) atoms. The number of hydrogen-bond donors (Lipinski definition) is 1. The number of aliphatic carboxylic acids is 1. The monoisotopic (exact) mass is 329 g/mol. The smallest absolute Gasteiger partial charge is 0.313 e. The molecule has 2 rings (SSSR count). The largest absolute Gasteiger partial charge is 0.481 e. The Morgan fingerprint density at radius 3 is 3.00 bits per heavy atom. The van der Waals surface area contributed by atoms with Gasteiger partial charge in [0.25, 0.3) is 0 Å². The van der Waals surface area contributed by atoms with E-state index in [2.05, 4.69) is 9.97 Å². The van der Waals surface area contributed by atoms with Crippen molar-refractivity contribution in [2.24, 2.45) is 0 Å². The van der Waals surface area contributed by atoms with Crippen LogP contribution in [0.15, 0.2) is 17.4 Å². The number of carboxylic acid groups (broad SMARTS) is 1. The molecule has 2 heterocycles. The molecule has 114 valence electrons. The Morgan fingerprint density at radius 2 is 2.38 bits per heavy atom.